The maximum atomic E-state index is 11.2. The maximum Gasteiger partial charge on any atom is 0.305 e. The maximum absolute atomic E-state index is 11.2. The third kappa shape index (κ3) is 5.37. The summed E-state index contributed by atoms with van der Waals surface area (Å²) in [6, 6.07) is 0.468. The molecule has 5 nitrogen and oxygen atoms in total. The number of nitrogens with one attached hydrogen (secondary N) is 2. The number of aliphatic carboxylic acids is 1. The summed E-state index contributed by atoms with van der Waals surface area (Å²) < 4.78 is 0. The molecular weight excluding hydrogens is 196 g/mol. The van der Waals surface area contributed by atoms with E-state index in [0.29, 0.717) is 12.6 Å². The number of rotatable bonds is 6. The van der Waals surface area contributed by atoms with Gasteiger partial charge in [0.25, 0.3) is 0 Å². The fourth-order valence-corrected chi connectivity index (χ4v) is 1.74. The number of carboxylic acid groups (broad SMARTS) is 1. The Labute approximate surface area is 89.2 Å². The molecule has 1 fully saturated rings. The van der Waals surface area contributed by atoms with Crippen LogP contribution in [0.4, 0.5) is 0 Å². The molecule has 0 aromatic heterocycles. The Hall–Kier alpha value is -1.10. The number of carbonyl (C=O) groups excluding carboxylic acids is 1. The van der Waals surface area contributed by atoms with Crippen LogP contribution in [0.5, 0.6) is 0 Å². The van der Waals surface area contributed by atoms with Gasteiger partial charge in [-0.15, -0.1) is 0 Å². The minimum absolute atomic E-state index is 0.0187. The predicted octanol–water partition coefficient (Wildman–Crippen LogP) is 0.110. The molecule has 86 valence electrons. The minimum Gasteiger partial charge on any atom is -0.481 e. The second-order valence-electron chi connectivity index (χ2n) is 3.86. The molecule has 1 aliphatic rings. The van der Waals surface area contributed by atoms with Gasteiger partial charge < -0.3 is 15.7 Å². The molecule has 15 heavy (non-hydrogen) atoms. The molecule has 0 atom stereocenters. The van der Waals surface area contributed by atoms with Crippen molar-refractivity contribution in [2.45, 2.75) is 38.1 Å². The topological polar surface area (TPSA) is 78.4 Å². The molecule has 0 aromatic rings. The van der Waals surface area contributed by atoms with Crippen LogP contribution >= 0.6 is 0 Å². The zero-order valence-corrected chi connectivity index (χ0v) is 8.79. The zero-order chi connectivity index (χ0) is 11.1. The second kappa shape index (κ2) is 6.40. The van der Waals surface area contributed by atoms with Crippen molar-refractivity contribution in [1.29, 1.82) is 0 Å². The molecule has 0 unspecified atom stereocenters. The summed E-state index contributed by atoms with van der Waals surface area (Å²) in [7, 11) is 0. The van der Waals surface area contributed by atoms with Crippen LogP contribution in [0.15, 0.2) is 0 Å². The molecular formula is C10H18N2O3. The number of carbonyl (C=O) groups is 2. The van der Waals surface area contributed by atoms with Gasteiger partial charge in [-0.25, -0.2) is 0 Å². The van der Waals surface area contributed by atoms with E-state index < -0.39 is 5.97 Å². The molecule has 5 heteroatoms. The summed E-state index contributed by atoms with van der Waals surface area (Å²) in [5.74, 6) is -1.01. The molecule has 0 saturated heterocycles. The highest BCUT2D eigenvalue weighted by Crippen LogP contribution is 2.16. The number of hydrogen-bond acceptors (Lipinski definition) is 3. The fourth-order valence-electron chi connectivity index (χ4n) is 1.74. The Morgan fingerprint density at radius 3 is 2.53 bits per heavy atom. The van der Waals surface area contributed by atoms with Crippen molar-refractivity contribution >= 4 is 11.9 Å². The van der Waals surface area contributed by atoms with Crippen LogP contribution in [0.25, 0.3) is 0 Å². The van der Waals surface area contributed by atoms with Gasteiger partial charge in [-0.1, -0.05) is 12.8 Å². The molecule has 1 saturated carbocycles. The minimum atomic E-state index is -0.890. The first kappa shape index (κ1) is 12.0. The first-order valence-electron chi connectivity index (χ1n) is 5.40. The van der Waals surface area contributed by atoms with E-state index in [1.165, 1.54) is 12.8 Å². The summed E-state index contributed by atoms with van der Waals surface area (Å²) in [6.45, 7) is 0.505. The lowest BCUT2D eigenvalue weighted by Gasteiger charge is -2.11. The number of amides is 1. The number of carboxylic acids is 1. The van der Waals surface area contributed by atoms with E-state index >= 15 is 0 Å². The Bertz CT molecular complexity index is 225. The van der Waals surface area contributed by atoms with Crippen molar-refractivity contribution < 1.29 is 14.7 Å². The molecule has 1 amide bonds. The van der Waals surface area contributed by atoms with Gasteiger partial charge in [0.1, 0.15) is 0 Å². The highest BCUT2D eigenvalue weighted by atomic mass is 16.4. The lowest BCUT2D eigenvalue weighted by Crippen LogP contribution is -2.38. The van der Waals surface area contributed by atoms with E-state index in [2.05, 4.69) is 10.6 Å². The lowest BCUT2D eigenvalue weighted by atomic mass is 10.2. The average Bonchev–Trinajstić information content (AvgIpc) is 2.66. The van der Waals surface area contributed by atoms with Gasteiger partial charge in [0.2, 0.25) is 5.91 Å². The normalized spacial score (nSPS) is 16.5. The quantitative estimate of drug-likeness (QED) is 0.586. The van der Waals surface area contributed by atoms with E-state index in [1.54, 1.807) is 0 Å². The van der Waals surface area contributed by atoms with Gasteiger partial charge in [-0.05, 0) is 12.8 Å². The third-order valence-electron chi connectivity index (χ3n) is 2.57. The molecule has 1 rings (SSSR count). The highest BCUT2D eigenvalue weighted by molar-refractivity contribution is 5.78. The molecule has 0 aromatic carbocycles. The first-order chi connectivity index (χ1) is 7.18. The van der Waals surface area contributed by atoms with Crippen LogP contribution in [-0.2, 0) is 9.59 Å². The van der Waals surface area contributed by atoms with Gasteiger partial charge in [-0.3, -0.25) is 9.59 Å². The van der Waals surface area contributed by atoms with Crippen molar-refractivity contribution in [3.05, 3.63) is 0 Å². The Morgan fingerprint density at radius 1 is 1.27 bits per heavy atom. The third-order valence-corrected chi connectivity index (χ3v) is 2.57. The van der Waals surface area contributed by atoms with Gasteiger partial charge in [0, 0.05) is 12.6 Å². The Morgan fingerprint density at radius 2 is 1.93 bits per heavy atom. The van der Waals surface area contributed by atoms with Crippen LogP contribution in [0.3, 0.4) is 0 Å². The summed E-state index contributed by atoms with van der Waals surface area (Å²) in [5, 5.41) is 14.1. The SMILES string of the molecule is O=C(O)CCNC(=O)CNC1CCCC1. The molecule has 0 spiro atoms. The van der Waals surface area contributed by atoms with Crippen LogP contribution in [-0.4, -0.2) is 36.1 Å². The van der Waals surface area contributed by atoms with Crippen LogP contribution in [0, 0.1) is 0 Å². The summed E-state index contributed by atoms with van der Waals surface area (Å²) >= 11 is 0. The summed E-state index contributed by atoms with van der Waals surface area (Å²) in [6.07, 6.45) is 4.73. The molecule has 1 aliphatic carbocycles. The Balaban J connectivity index is 2.00. The van der Waals surface area contributed by atoms with Crippen molar-refractivity contribution in [2.75, 3.05) is 13.1 Å². The van der Waals surface area contributed by atoms with Crippen molar-refractivity contribution in [3.63, 3.8) is 0 Å². The van der Waals surface area contributed by atoms with Gasteiger partial charge >= 0.3 is 5.97 Å². The monoisotopic (exact) mass is 214 g/mol. The van der Waals surface area contributed by atoms with Crippen LogP contribution < -0.4 is 10.6 Å². The largest absolute Gasteiger partial charge is 0.481 e. The van der Waals surface area contributed by atoms with Gasteiger partial charge in [0.15, 0.2) is 0 Å². The van der Waals surface area contributed by atoms with Crippen LogP contribution in [0.2, 0.25) is 0 Å². The Kier molecular flexibility index (Phi) is 5.10. The summed E-state index contributed by atoms with van der Waals surface area (Å²) in [4.78, 5) is 21.4. The smallest absolute Gasteiger partial charge is 0.305 e. The lowest BCUT2D eigenvalue weighted by molar-refractivity contribution is -0.136. The molecule has 0 aliphatic heterocycles. The van der Waals surface area contributed by atoms with Gasteiger partial charge in [0.05, 0.1) is 13.0 Å². The summed E-state index contributed by atoms with van der Waals surface area (Å²) in [5.41, 5.74) is 0. The molecule has 0 bridgehead atoms. The second-order valence-corrected chi connectivity index (χ2v) is 3.86. The molecule has 0 heterocycles. The first-order valence-corrected chi connectivity index (χ1v) is 5.40. The van der Waals surface area contributed by atoms with Gasteiger partial charge in [-0.2, -0.15) is 0 Å². The van der Waals surface area contributed by atoms with E-state index in [4.69, 9.17) is 5.11 Å². The van der Waals surface area contributed by atoms with Crippen molar-refractivity contribution in [1.82, 2.24) is 10.6 Å². The van der Waals surface area contributed by atoms with Crippen LogP contribution in [0.1, 0.15) is 32.1 Å². The number of hydrogen-bond donors (Lipinski definition) is 3. The van der Waals surface area contributed by atoms with E-state index in [-0.39, 0.29) is 18.9 Å². The fraction of sp³-hybridized carbons (Fsp3) is 0.800. The zero-order valence-electron chi connectivity index (χ0n) is 8.79. The van der Waals surface area contributed by atoms with Crippen molar-refractivity contribution in [3.8, 4) is 0 Å². The standard InChI is InChI=1S/C10H18N2O3/c13-9(11-6-5-10(14)15)7-12-8-3-1-2-4-8/h8,12H,1-7H2,(H,11,13)(H,14,15). The molecule has 3 N–H and O–H groups in total. The average molecular weight is 214 g/mol. The molecule has 0 radical (unpaired) electrons. The highest BCUT2D eigenvalue weighted by Gasteiger charge is 2.14. The predicted molar refractivity (Wildman–Crippen MR) is 55.5 cm³/mol. The van der Waals surface area contributed by atoms with E-state index in [0.717, 1.165) is 12.8 Å². The van der Waals surface area contributed by atoms with E-state index in [1.807, 2.05) is 0 Å². The van der Waals surface area contributed by atoms with E-state index in [9.17, 15) is 9.59 Å². The van der Waals surface area contributed by atoms with Crippen molar-refractivity contribution in [2.24, 2.45) is 0 Å².